The van der Waals surface area contributed by atoms with Crippen LogP contribution in [0, 0.1) is 6.92 Å². The molecule has 27 heavy (non-hydrogen) atoms. The van der Waals surface area contributed by atoms with Crippen molar-refractivity contribution in [3.63, 3.8) is 0 Å². The lowest BCUT2D eigenvalue weighted by molar-refractivity contribution is 0.0526. The Kier molecular flexibility index (Phi) is 5.71. The largest absolute Gasteiger partial charge is 0.462 e. The molecular weight excluding hydrogens is 342 g/mol. The van der Waals surface area contributed by atoms with E-state index in [1.807, 2.05) is 31.2 Å². The summed E-state index contributed by atoms with van der Waals surface area (Å²) in [7, 11) is 0. The van der Waals surface area contributed by atoms with Gasteiger partial charge in [-0.05, 0) is 55.8 Å². The van der Waals surface area contributed by atoms with Crippen molar-refractivity contribution in [3.05, 3.63) is 88.9 Å². The summed E-state index contributed by atoms with van der Waals surface area (Å²) in [6, 6.07) is 18.2. The van der Waals surface area contributed by atoms with E-state index >= 15 is 0 Å². The van der Waals surface area contributed by atoms with Crippen LogP contribution >= 0.6 is 0 Å². The molecule has 0 saturated carbocycles. The van der Waals surface area contributed by atoms with Crippen molar-refractivity contribution < 1.29 is 18.7 Å². The third kappa shape index (κ3) is 4.85. The van der Waals surface area contributed by atoms with Gasteiger partial charge in [0, 0.05) is 12.1 Å². The van der Waals surface area contributed by atoms with Gasteiger partial charge in [-0.1, -0.05) is 29.8 Å². The van der Waals surface area contributed by atoms with Crippen LogP contribution in [0.3, 0.4) is 0 Å². The van der Waals surface area contributed by atoms with E-state index in [4.69, 9.17) is 9.15 Å². The summed E-state index contributed by atoms with van der Waals surface area (Å²) >= 11 is 0. The van der Waals surface area contributed by atoms with Crippen LogP contribution in [-0.4, -0.2) is 18.5 Å². The quantitative estimate of drug-likeness (QED) is 0.650. The van der Waals surface area contributed by atoms with E-state index in [9.17, 15) is 9.59 Å². The molecule has 5 nitrogen and oxygen atoms in total. The Morgan fingerprint density at radius 2 is 1.67 bits per heavy atom. The minimum Gasteiger partial charge on any atom is -0.462 e. The molecule has 0 aliphatic rings. The highest BCUT2D eigenvalue weighted by Crippen LogP contribution is 2.16. The van der Waals surface area contributed by atoms with Gasteiger partial charge >= 0.3 is 5.97 Å². The Labute approximate surface area is 158 Å². The minimum absolute atomic E-state index is 0.242. The van der Waals surface area contributed by atoms with Crippen LogP contribution in [-0.2, 0) is 11.2 Å². The molecule has 1 N–H and O–H groups in total. The zero-order chi connectivity index (χ0) is 19.2. The van der Waals surface area contributed by atoms with Crippen molar-refractivity contribution in [1.82, 2.24) is 0 Å². The maximum absolute atomic E-state index is 12.3. The average molecular weight is 363 g/mol. The van der Waals surface area contributed by atoms with E-state index in [0.717, 1.165) is 11.3 Å². The fourth-order valence-electron chi connectivity index (χ4n) is 2.60. The summed E-state index contributed by atoms with van der Waals surface area (Å²) in [5.74, 6) is 0.240. The number of aryl methyl sites for hydroxylation is 1. The normalized spacial score (nSPS) is 10.4. The summed E-state index contributed by atoms with van der Waals surface area (Å²) in [5.41, 5.74) is 3.33. The molecule has 1 aromatic heterocycles. The molecule has 2 aromatic carbocycles. The molecular formula is C22H21NO4. The SMILES string of the molecule is CCOC(=O)c1ccc(NC(=O)c2ccc(Cc3ccc(C)cc3)o2)cc1. The van der Waals surface area contributed by atoms with Crippen molar-refractivity contribution in [2.45, 2.75) is 20.3 Å². The van der Waals surface area contributed by atoms with Gasteiger partial charge in [-0.25, -0.2) is 4.79 Å². The maximum Gasteiger partial charge on any atom is 0.338 e. The molecule has 0 saturated heterocycles. The Morgan fingerprint density at radius 1 is 0.963 bits per heavy atom. The van der Waals surface area contributed by atoms with Gasteiger partial charge in [0.2, 0.25) is 0 Å². The van der Waals surface area contributed by atoms with E-state index in [0.29, 0.717) is 24.3 Å². The maximum atomic E-state index is 12.3. The second kappa shape index (κ2) is 8.36. The Morgan fingerprint density at radius 3 is 2.33 bits per heavy atom. The number of furan rings is 1. The monoisotopic (exact) mass is 363 g/mol. The van der Waals surface area contributed by atoms with Gasteiger partial charge in [0.05, 0.1) is 12.2 Å². The number of hydrogen-bond donors (Lipinski definition) is 1. The lowest BCUT2D eigenvalue weighted by atomic mass is 10.1. The first-order valence-corrected chi connectivity index (χ1v) is 8.78. The molecule has 0 fully saturated rings. The summed E-state index contributed by atoms with van der Waals surface area (Å²) in [4.78, 5) is 24.0. The molecule has 1 amide bonds. The van der Waals surface area contributed by atoms with E-state index in [1.54, 1.807) is 43.3 Å². The van der Waals surface area contributed by atoms with E-state index in [2.05, 4.69) is 5.32 Å². The first-order valence-electron chi connectivity index (χ1n) is 8.78. The third-order valence-corrected chi connectivity index (χ3v) is 4.04. The van der Waals surface area contributed by atoms with E-state index in [-0.39, 0.29) is 17.6 Å². The lowest BCUT2D eigenvalue weighted by Gasteiger charge is -2.05. The number of esters is 1. The molecule has 5 heteroatoms. The molecule has 0 bridgehead atoms. The number of carbonyl (C=O) groups excluding carboxylic acids is 2. The topological polar surface area (TPSA) is 68.5 Å². The highest BCUT2D eigenvalue weighted by atomic mass is 16.5. The van der Waals surface area contributed by atoms with Crippen LogP contribution in [0.25, 0.3) is 0 Å². The molecule has 0 unspecified atom stereocenters. The fourth-order valence-corrected chi connectivity index (χ4v) is 2.60. The van der Waals surface area contributed by atoms with Gasteiger partial charge < -0.3 is 14.5 Å². The first-order chi connectivity index (χ1) is 13.0. The van der Waals surface area contributed by atoms with Crippen molar-refractivity contribution >= 4 is 17.6 Å². The number of ether oxygens (including phenoxy) is 1. The molecule has 1 heterocycles. The summed E-state index contributed by atoms with van der Waals surface area (Å²) < 4.78 is 10.6. The first kappa shape index (κ1) is 18.5. The molecule has 138 valence electrons. The van der Waals surface area contributed by atoms with Crippen LogP contribution in [0.4, 0.5) is 5.69 Å². The zero-order valence-corrected chi connectivity index (χ0v) is 15.3. The Hall–Kier alpha value is -3.34. The number of benzene rings is 2. The van der Waals surface area contributed by atoms with Crippen LogP contribution in [0.1, 0.15) is 44.7 Å². The summed E-state index contributed by atoms with van der Waals surface area (Å²) in [5, 5.41) is 2.76. The predicted octanol–water partition coefficient (Wildman–Crippen LogP) is 4.61. The van der Waals surface area contributed by atoms with Crippen molar-refractivity contribution in [3.8, 4) is 0 Å². The smallest absolute Gasteiger partial charge is 0.338 e. The van der Waals surface area contributed by atoms with E-state index < -0.39 is 0 Å². The minimum atomic E-state index is -0.387. The highest BCUT2D eigenvalue weighted by Gasteiger charge is 2.13. The van der Waals surface area contributed by atoms with Crippen LogP contribution in [0.2, 0.25) is 0 Å². The molecule has 0 radical (unpaired) electrons. The van der Waals surface area contributed by atoms with Gasteiger partial charge in [-0.3, -0.25) is 4.79 Å². The molecule has 0 atom stereocenters. The lowest BCUT2D eigenvalue weighted by Crippen LogP contribution is -2.11. The Bertz CT molecular complexity index is 924. The van der Waals surface area contributed by atoms with Gasteiger partial charge in [-0.15, -0.1) is 0 Å². The van der Waals surface area contributed by atoms with Crippen molar-refractivity contribution in [2.24, 2.45) is 0 Å². The number of amides is 1. The zero-order valence-electron chi connectivity index (χ0n) is 15.3. The molecule has 0 spiro atoms. The summed E-state index contributed by atoms with van der Waals surface area (Å²) in [6.45, 7) is 4.11. The fraction of sp³-hybridized carbons (Fsp3) is 0.182. The average Bonchev–Trinajstić information content (AvgIpc) is 3.13. The second-order valence-electron chi connectivity index (χ2n) is 6.18. The van der Waals surface area contributed by atoms with Gasteiger partial charge in [0.15, 0.2) is 5.76 Å². The number of anilines is 1. The van der Waals surface area contributed by atoms with Gasteiger partial charge in [0.25, 0.3) is 5.91 Å². The third-order valence-electron chi connectivity index (χ3n) is 4.04. The van der Waals surface area contributed by atoms with Crippen molar-refractivity contribution in [1.29, 1.82) is 0 Å². The predicted molar refractivity (Wildman–Crippen MR) is 103 cm³/mol. The molecule has 0 aliphatic carbocycles. The standard InChI is InChI=1S/C22H21NO4/c1-3-26-22(25)17-8-10-18(11-9-17)23-21(24)20-13-12-19(27-20)14-16-6-4-15(2)5-7-16/h4-13H,3,14H2,1-2H3,(H,23,24). The molecule has 3 aromatic rings. The summed E-state index contributed by atoms with van der Waals surface area (Å²) in [6.07, 6.45) is 0.627. The Balaban J connectivity index is 1.62. The van der Waals surface area contributed by atoms with Crippen LogP contribution < -0.4 is 5.32 Å². The van der Waals surface area contributed by atoms with Crippen LogP contribution in [0.15, 0.2) is 65.1 Å². The van der Waals surface area contributed by atoms with Gasteiger partial charge in [0.1, 0.15) is 5.76 Å². The molecule has 3 rings (SSSR count). The number of hydrogen-bond acceptors (Lipinski definition) is 4. The van der Waals surface area contributed by atoms with Crippen molar-refractivity contribution in [2.75, 3.05) is 11.9 Å². The number of rotatable bonds is 6. The second-order valence-corrected chi connectivity index (χ2v) is 6.18. The van der Waals surface area contributed by atoms with Crippen LogP contribution in [0.5, 0.6) is 0 Å². The number of carbonyl (C=O) groups is 2. The number of nitrogens with one attached hydrogen (secondary N) is 1. The van der Waals surface area contributed by atoms with E-state index in [1.165, 1.54) is 5.56 Å². The molecule has 0 aliphatic heterocycles. The highest BCUT2D eigenvalue weighted by molar-refractivity contribution is 6.02. The van der Waals surface area contributed by atoms with Gasteiger partial charge in [-0.2, -0.15) is 0 Å².